The molecule has 0 spiro atoms. The summed E-state index contributed by atoms with van der Waals surface area (Å²) < 4.78 is 2.34. The van der Waals surface area contributed by atoms with Gasteiger partial charge < -0.3 is 4.57 Å². The molecule has 0 fully saturated rings. The number of aryl methyl sites for hydroxylation is 1. The van der Waals surface area contributed by atoms with E-state index in [1.165, 1.54) is 36.8 Å². The molecular formula is C17H25ClN2. The van der Waals surface area contributed by atoms with Crippen LogP contribution in [-0.4, -0.2) is 9.55 Å². The van der Waals surface area contributed by atoms with Crippen LogP contribution in [0.25, 0.3) is 11.0 Å². The molecule has 0 N–H and O–H groups in total. The first-order chi connectivity index (χ1) is 9.54. The second-order valence-corrected chi connectivity index (χ2v) is 6.45. The average Bonchev–Trinajstić information content (AvgIpc) is 2.77. The number of fused-ring (bicyclic) bond motifs is 1. The molecule has 0 aliphatic carbocycles. The molecule has 1 heterocycles. The molecule has 1 aromatic heterocycles. The van der Waals surface area contributed by atoms with Gasteiger partial charge in [0, 0.05) is 6.04 Å². The normalized spacial score (nSPS) is 14.7. The lowest BCUT2D eigenvalue weighted by Gasteiger charge is -2.18. The molecule has 0 radical (unpaired) electrons. The van der Waals surface area contributed by atoms with Crippen molar-refractivity contribution >= 4 is 22.6 Å². The topological polar surface area (TPSA) is 17.8 Å². The van der Waals surface area contributed by atoms with E-state index >= 15 is 0 Å². The summed E-state index contributed by atoms with van der Waals surface area (Å²) in [4.78, 5) is 4.75. The average molecular weight is 293 g/mol. The second kappa shape index (κ2) is 6.62. The summed E-state index contributed by atoms with van der Waals surface area (Å²) in [5, 5.41) is -0.0590. The number of hydrogen-bond donors (Lipinski definition) is 0. The first-order valence-corrected chi connectivity index (χ1v) is 8.10. The molecule has 0 aliphatic heterocycles. The van der Waals surface area contributed by atoms with E-state index < -0.39 is 0 Å². The van der Waals surface area contributed by atoms with Gasteiger partial charge in [0.25, 0.3) is 0 Å². The van der Waals surface area contributed by atoms with Crippen LogP contribution in [0.4, 0.5) is 0 Å². The molecule has 3 heteroatoms. The number of hydrogen-bond acceptors (Lipinski definition) is 1. The third-order valence-corrected chi connectivity index (χ3v) is 4.09. The fraction of sp³-hybridized carbons (Fsp3) is 0.588. The number of aromatic nitrogens is 2. The van der Waals surface area contributed by atoms with Gasteiger partial charge in [0.2, 0.25) is 0 Å². The molecule has 110 valence electrons. The minimum absolute atomic E-state index is 0.0590. The summed E-state index contributed by atoms with van der Waals surface area (Å²) in [5.41, 5.74) is 3.52. The summed E-state index contributed by atoms with van der Waals surface area (Å²) in [6.45, 7) is 8.63. The SMILES string of the molecule is CCCCCC(C)n1c(C(C)Cl)nc2cc(C)ccc21. The largest absolute Gasteiger partial charge is 0.324 e. The van der Waals surface area contributed by atoms with Crippen molar-refractivity contribution in [2.24, 2.45) is 0 Å². The van der Waals surface area contributed by atoms with Crippen LogP contribution in [0.3, 0.4) is 0 Å². The molecule has 0 saturated carbocycles. The highest BCUT2D eigenvalue weighted by atomic mass is 35.5. The fourth-order valence-electron chi connectivity index (χ4n) is 2.79. The number of unbranched alkanes of at least 4 members (excludes halogenated alkanes) is 2. The van der Waals surface area contributed by atoms with Crippen molar-refractivity contribution in [2.45, 2.75) is 64.8 Å². The maximum Gasteiger partial charge on any atom is 0.127 e. The van der Waals surface area contributed by atoms with E-state index in [2.05, 4.69) is 43.5 Å². The molecule has 1 aromatic carbocycles. The first kappa shape index (κ1) is 15.4. The van der Waals surface area contributed by atoms with Gasteiger partial charge in [-0.2, -0.15) is 0 Å². The van der Waals surface area contributed by atoms with Crippen LogP contribution in [0, 0.1) is 6.92 Å². The Balaban J connectivity index is 2.40. The Morgan fingerprint density at radius 3 is 2.65 bits per heavy atom. The molecule has 2 atom stereocenters. The molecule has 2 nitrogen and oxygen atoms in total. The van der Waals surface area contributed by atoms with Gasteiger partial charge in [0.05, 0.1) is 16.4 Å². The number of nitrogens with zero attached hydrogens (tertiary/aromatic N) is 2. The van der Waals surface area contributed by atoms with Crippen LogP contribution in [-0.2, 0) is 0 Å². The fourth-order valence-corrected chi connectivity index (χ4v) is 2.94. The predicted octanol–water partition coefficient (Wildman–Crippen LogP) is 5.79. The maximum absolute atomic E-state index is 6.34. The van der Waals surface area contributed by atoms with Gasteiger partial charge >= 0.3 is 0 Å². The van der Waals surface area contributed by atoms with Crippen LogP contribution in [0.1, 0.15) is 69.3 Å². The second-order valence-electron chi connectivity index (χ2n) is 5.79. The number of benzene rings is 1. The minimum Gasteiger partial charge on any atom is -0.324 e. The van der Waals surface area contributed by atoms with Crippen molar-refractivity contribution in [3.63, 3.8) is 0 Å². The summed E-state index contributed by atoms with van der Waals surface area (Å²) in [7, 11) is 0. The molecule has 2 rings (SSSR count). The molecule has 0 saturated heterocycles. The Bertz CT molecular complexity index is 572. The Morgan fingerprint density at radius 1 is 1.25 bits per heavy atom. The Labute approximate surface area is 127 Å². The molecular weight excluding hydrogens is 268 g/mol. The maximum atomic E-state index is 6.34. The third kappa shape index (κ3) is 3.17. The van der Waals surface area contributed by atoms with Gasteiger partial charge in [-0.25, -0.2) is 4.98 Å². The van der Waals surface area contributed by atoms with E-state index in [1.807, 2.05) is 6.92 Å². The zero-order chi connectivity index (χ0) is 14.7. The Kier molecular flexibility index (Phi) is 5.09. The van der Waals surface area contributed by atoms with Gasteiger partial charge in [-0.1, -0.05) is 32.3 Å². The van der Waals surface area contributed by atoms with Gasteiger partial charge in [-0.15, -0.1) is 11.6 Å². The van der Waals surface area contributed by atoms with Crippen LogP contribution in [0.2, 0.25) is 0 Å². The summed E-state index contributed by atoms with van der Waals surface area (Å²) in [6.07, 6.45) is 5.00. The van der Waals surface area contributed by atoms with Crippen LogP contribution >= 0.6 is 11.6 Å². The molecule has 0 aliphatic rings. The molecule has 0 bridgehead atoms. The zero-order valence-electron chi connectivity index (χ0n) is 13.0. The zero-order valence-corrected chi connectivity index (χ0v) is 13.7. The van der Waals surface area contributed by atoms with Crippen molar-refractivity contribution in [3.8, 4) is 0 Å². The first-order valence-electron chi connectivity index (χ1n) is 7.67. The van der Waals surface area contributed by atoms with Crippen molar-refractivity contribution < 1.29 is 0 Å². The van der Waals surface area contributed by atoms with E-state index in [0.29, 0.717) is 6.04 Å². The van der Waals surface area contributed by atoms with Gasteiger partial charge in [-0.3, -0.25) is 0 Å². The van der Waals surface area contributed by atoms with Crippen molar-refractivity contribution in [3.05, 3.63) is 29.6 Å². The lowest BCUT2D eigenvalue weighted by molar-refractivity contribution is 0.472. The summed E-state index contributed by atoms with van der Waals surface area (Å²) >= 11 is 6.34. The smallest absolute Gasteiger partial charge is 0.127 e. The van der Waals surface area contributed by atoms with Gasteiger partial charge in [0.15, 0.2) is 0 Å². The van der Waals surface area contributed by atoms with E-state index in [9.17, 15) is 0 Å². The number of alkyl halides is 1. The lowest BCUT2D eigenvalue weighted by Crippen LogP contribution is -2.10. The quantitative estimate of drug-likeness (QED) is 0.487. The summed E-state index contributed by atoms with van der Waals surface area (Å²) in [5.74, 6) is 0.997. The highest BCUT2D eigenvalue weighted by Crippen LogP contribution is 2.30. The number of halogens is 1. The van der Waals surface area contributed by atoms with E-state index in [-0.39, 0.29) is 5.38 Å². The molecule has 0 amide bonds. The Morgan fingerprint density at radius 2 is 2.00 bits per heavy atom. The minimum atomic E-state index is -0.0590. The highest BCUT2D eigenvalue weighted by molar-refractivity contribution is 6.20. The molecule has 2 unspecified atom stereocenters. The van der Waals surface area contributed by atoms with Gasteiger partial charge in [-0.05, 0) is 44.9 Å². The third-order valence-electron chi connectivity index (χ3n) is 3.89. The lowest BCUT2D eigenvalue weighted by atomic mass is 10.1. The Hall–Kier alpha value is -1.02. The van der Waals surface area contributed by atoms with Crippen molar-refractivity contribution in [1.29, 1.82) is 0 Å². The number of rotatable bonds is 6. The van der Waals surface area contributed by atoms with E-state index in [4.69, 9.17) is 16.6 Å². The predicted molar refractivity (Wildman–Crippen MR) is 87.6 cm³/mol. The summed E-state index contributed by atoms with van der Waals surface area (Å²) in [6, 6.07) is 6.93. The van der Waals surface area contributed by atoms with Crippen LogP contribution < -0.4 is 0 Å². The molecule has 2 aromatic rings. The number of imidazole rings is 1. The molecule has 20 heavy (non-hydrogen) atoms. The standard InChI is InChI=1S/C17H25ClN2/c1-5-6-7-8-13(3)20-16-10-9-12(2)11-15(16)19-17(20)14(4)18/h9-11,13-14H,5-8H2,1-4H3. The van der Waals surface area contributed by atoms with Gasteiger partial charge in [0.1, 0.15) is 5.82 Å². The van der Waals surface area contributed by atoms with Crippen LogP contribution in [0.5, 0.6) is 0 Å². The van der Waals surface area contributed by atoms with Crippen molar-refractivity contribution in [1.82, 2.24) is 9.55 Å². The highest BCUT2D eigenvalue weighted by Gasteiger charge is 2.18. The van der Waals surface area contributed by atoms with E-state index in [0.717, 1.165) is 11.3 Å². The van der Waals surface area contributed by atoms with E-state index in [1.54, 1.807) is 0 Å². The monoisotopic (exact) mass is 292 g/mol. The van der Waals surface area contributed by atoms with Crippen LogP contribution in [0.15, 0.2) is 18.2 Å². The van der Waals surface area contributed by atoms with Crippen molar-refractivity contribution in [2.75, 3.05) is 0 Å².